The number of thioether (sulfide) groups is 1. The minimum Gasteiger partial charge on any atom is -0.354 e. The molecule has 4 rings (SSSR count). The van der Waals surface area contributed by atoms with Crippen LogP contribution in [0.2, 0.25) is 0 Å². The largest absolute Gasteiger partial charge is 0.354 e. The molecular formula is C16H19NO4S2. The summed E-state index contributed by atoms with van der Waals surface area (Å²) in [5.41, 5.74) is 1.02. The summed E-state index contributed by atoms with van der Waals surface area (Å²) in [5.74, 6) is 0. The van der Waals surface area contributed by atoms with Crippen LogP contribution in [-0.4, -0.2) is 59.8 Å². The van der Waals surface area contributed by atoms with E-state index in [4.69, 9.17) is 31.2 Å². The Balaban J connectivity index is 1.54. The first-order valence-electron chi connectivity index (χ1n) is 7.61. The fraction of sp³-hybridized carbons (Fsp3) is 0.562. The number of nitrogens with zero attached hydrogens (tertiary/aromatic N) is 1. The van der Waals surface area contributed by atoms with E-state index in [0.717, 1.165) is 9.88 Å². The molecule has 3 saturated heterocycles. The fourth-order valence-electron chi connectivity index (χ4n) is 3.46. The SMILES string of the molecule is CO[C@@H]1O[C@H]2CO[C@H](c3ccccc3)O[C@@H]2[C@H]2[C@@H]1N2C(=S)SC. The molecule has 23 heavy (non-hydrogen) atoms. The number of thiocarbonyl (C=S) groups is 1. The minimum atomic E-state index is -0.355. The molecule has 3 fully saturated rings. The van der Waals surface area contributed by atoms with Crippen LogP contribution in [0.5, 0.6) is 0 Å². The van der Waals surface area contributed by atoms with Gasteiger partial charge in [-0.3, -0.25) is 0 Å². The van der Waals surface area contributed by atoms with E-state index >= 15 is 0 Å². The van der Waals surface area contributed by atoms with Crippen LogP contribution in [0.15, 0.2) is 30.3 Å². The molecule has 0 bridgehead atoms. The Morgan fingerprint density at radius 1 is 1.26 bits per heavy atom. The lowest BCUT2D eigenvalue weighted by atomic mass is 10.0. The Labute approximate surface area is 145 Å². The lowest BCUT2D eigenvalue weighted by molar-refractivity contribution is -0.304. The second-order valence-electron chi connectivity index (χ2n) is 5.81. The highest BCUT2D eigenvalue weighted by Crippen LogP contribution is 2.47. The molecule has 0 radical (unpaired) electrons. The zero-order chi connectivity index (χ0) is 16.0. The summed E-state index contributed by atoms with van der Waals surface area (Å²) in [5, 5.41) is 0. The Kier molecular flexibility index (Phi) is 4.34. The van der Waals surface area contributed by atoms with Gasteiger partial charge >= 0.3 is 0 Å². The van der Waals surface area contributed by atoms with Crippen molar-refractivity contribution in [2.24, 2.45) is 0 Å². The molecule has 0 unspecified atom stereocenters. The van der Waals surface area contributed by atoms with Crippen LogP contribution in [0.3, 0.4) is 0 Å². The molecule has 7 heteroatoms. The molecule has 3 aliphatic rings. The third-order valence-electron chi connectivity index (χ3n) is 4.58. The third kappa shape index (κ3) is 2.69. The minimum absolute atomic E-state index is 0.0598. The van der Waals surface area contributed by atoms with Crippen LogP contribution in [0.25, 0.3) is 0 Å². The topological polar surface area (TPSA) is 39.9 Å². The number of ether oxygens (including phenoxy) is 4. The molecule has 3 aliphatic heterocycles. The lowest BCUT2D eigenvalue weighted by Crippen LogP contribution is -2.52. The van der Waals surface area contributed by atoms with Gasteiger partial charge in [0.25, 0.3) is 0 Å². The summed E-state index contributed by atoms with van der Waals surface area (Å²) in [7, 11) is 1.66. The highest BCUT2D eigenvalue weighted by Gasteiger charge is 2.65. The van der Waals surface area contributed by atoms with Gasteiger partial charge in [0.05, 0.1) is 12.6 Å². The molecule has 0 aromatic heterocycles. The van der Waals surface area contributed by atoms with Crippen LogP contribution in [0.1, 0.15) is 11.9 Å². The smallest absolute Gasteiger partial charge is 0.184 e. The molecule has 0 spiro atoms. The number of rotatable bonds is 2. The lowest BCUT2D eigenvalue weighted by Gasteiger charge is -2.40. The monoisotopic (exact) mass is 353 g/mol. The zero-order valence-electron chi connectivity index (χ0n) is 13.0. The van der Waals surface area contributed by atoms with E-state index in [1.165, 1.54) is 0 Å². The number of hydrogen-bond acceptors (Lipinski definition) is 6. The quantitative estimate of drug-likeness (QED) is 0.596. The van der Waals surface area contributed by atoms with Crippen LogP contribution in [0.4, 0.5) is 0 Å². The molecule has 1 aromatic rings. The van der Waals surface area contributed by atoms with Crippen molar-refractivity contribution >= 4 is 28.3 Å². The third-order valence-corrected chi connectivity index (χ3v) is 5.85. The van der Waals surface area contributed by atoms with Crippen LogP contribution < -0.4 is 0 Å². The Bertz CT molecular complexity index is 587. The maximum Gasteiger partial charge on any atom is 0.184 e. The second kappa shape index (κ2) is 6.31. The van der Waals surface area contributed by atoms with Crippen LogP contribution in [0, 0.1) is 0 Å². The van der Waals surface area contributed by atoms with Crippen molar-refractivity contribution < 1.29 is 18.9 Å². The standard InChI is InChI=1S/C16H19NO4S2/c1-18-15-12-11(17(12)16(22)23-2)13-10(20-15)8-19-14(21-13)9-6-4-3-5-7-9/h3-7,10-15H,8H2,1-2H3/t10-,11+,12-,13-,14-,15+,17?/m0/s1. The van der Waals surface area contributed by atoms with E-state index in [9.17, 15) is 0 Å². The summed E-state index contributed by atoms with van der Waals surface area (Å²) in [6, 6.07) is 10.3. The molecule has 0 N–H and O–H groups in total. The van der Waals surface area contributed by atoms with Gasteiger partial charge < -0.3 is 23.8 Å². The number of benzene rings is 1. The first-order chi connectivity index (χ1) is 11.2. The molecule has 0 aliphatic carbocycles. The van der Waals surface area contributed by atoms with Crippen molar-refractivity contribution in [3.05, 3.63) is 35.9 Å². The maximum absolute atomic E-state index is 6.23. The van der Waals surface area contributed by atoms with Crippen molar-refractivity contribution in [2.45, 2.75) is 36.9 Å². The van der Waals surface area contributed by atoms with E-state index in [-0.39, 0.29) is 36.9 Å². The van der Waals surface area contributed by atoms with E-state index in [2.05, 4.69) is 4.90 Å². The number of methoxy groups -OCH3 is 1. The maximum atomic E-state index is 6.23. The molecule has 3 heterocycles. The van der Waals surface area contributed by atoms with Crippen molar-refractivity contribution in [1.82, 2.24) is 4.90 Å². The second-order valence-corrected chi connectivity index (χ2v) is 7.25. The predicted octanol–water partition coefficient (Wildman–Crippen LogP) is 2.17. The van der Waals surface area contributed by atoms with Gasteiger partial charge in [0, 0.05) is 12.7 Å². The Morgan fingerprint density at radius 3 is 2.74 bits per heavy atom. The molecule has 124 valence electrons. The van der Waals surface area contributed by atoms with E-state index in [1.807, 2.05) is 36.6 Å². The van der Waals surface area contributed by atoms with Gasteiger partial charge in [0.1, 0.15) is 22.6 Å². The van der Waals surface area contributed by atoms with E-state index in [0.29, 0.717) is 6.61 Å². The first-order valence-corrected chi connectivity index (χ1v) is 9.24. The highest BCUT2D eigenvalue weighted by atomic mass is 32.2. The van der Waals surface area contributed by atoms with Crippen LogP contribution >= 0.6 is 24.0 Å². The summed E-state index contributed by atoms with van der Waals surface area (Å²) in [4.78, 5) is 2.17. The van der Waals surface area contributed by atoms with E-state index in [1.54, 1.807) is 18.9 Å². The van der Waals surface area contributed by atoms with E-state index < -0.39 is 0 Å². The average molecular weight is 353 g/mol. The zero-order valence-corrected chi connectivity index (χ0v) is 14.6. The molecule has 0 saturated carbocycles. The fourth-order valence-corrected chi connectivity index (χ4v) is 4.16. The predicted molar refractivity (Wildman–Crippen MR) is 91.2 cm³/mol. The van der Waals surface area contributed by atoms with Gasteiger partial charge in [-0.25, -0.2) is 0 Å². The normalized spacial score (nSPS) is 38.6. The number of fused-ring (bicyclic) bond motifs is 3. The van der Waals surface area contributed by atoms with Crippen LogP contribution in [-0.2, 0) is 18.9 Å². The first kappa shape index (κ1) is 15.8. The summed E-state index contributed by atoms with van der Waals surface area (Å²) in [6.45, 7) is 0.493. The van der Waals surface area contributed by atoms with Crippen molar-refractivity contribution in [3.63, 3.8) is 0 Å². The highest BCUT2D eigenvalue weighted by molar-refractivity contribution is 8.22. The molecule has 5 nitrogen and oxygen atoms in total. The molecule has 6 atom stereocenters. The summed E-state index contributed by atoms with van der Waals surface area (Å²) < 4.78 is 24.5. The van der Waals surface area contributed by atoms with Gasteiger partial charge in [-0.05, 0) is 6.26 Å². The molecular weight excluding hydrogens is 334 g/mol. The van der Waals surface area contributed by atoms with Crippen molar-refractivity contribution in [1.29, 1.82) is 0 Å². The number of hydrogen-bond donors (Lipinski definition) is 0. The van der Waals surface area contributed by atoms with Crippen molar-refractivity contribution in [2.75, 3.05) is 20.0 Å². The van der Waals surface area contributed by atoms with Gasteiger partial charge in [-0.1, -0.05) is 42.5 Å². The summed E-state index contributed by atoms with van der Waals surface area (Å²) >= 11 is 7.03. The van der Waals surface area contributed by atoms with Gasteiger partial charge in [0.15, 0.2) is 12.6 Å². The Hall–Kier alpha value is -0.700. The average Bonchev–Trinajstić information content (AvgIpc) is 3.36. The van der Waals surface area contributed by atoms with Gasteiger partial charge in [0.2, 0.25) is 0 Å². The van der Waals surface area contributed by atoms with Gasteiger partial charge in [-0.2, -0.15) is 0 Å². The summed E-state index contributed by atoms with van der Waals surface area (Å²) in [6.07, 6.45) is 1.16. The molecule has 1 aromatic carbocycles. The molecule has 0 amide bonds. The van der Waals surface area contributed by atoms with Crippen molar-refractivity contribution in [3.8, 4) is 0 Å². The Morgan fingerprint density at radius 2 is 2.04 bits per heavy atom. The van der Waals surface area contributed by atoms with Gasteiger partial charge in [-0.15, -0.1) is 11.8 Å².